The van der Waals surface area contributed by atoms with Gasteiger partial charge < -0.3 is 19.7 Å². The molecular weight excluding hydrogens is 364 g/mol. The van der Waals surface area contributed by atoms with E-state index in [1.165, 1.54) is 0 Å². The summed E-state index contributed by atoms with van der Waals surface area (Å²) in [6.07, 6.45) is 0. The third kappa shape index (κ3) is 5.08. The molecule has 5 nitrogen and oxygen atoms in total. The van der Waals surface area contributed by atoms with E-state index in [4.69, 9.17) is 9.47 Å². The van der Waals surface area contributed by atoms with Gasteiger partial charge in [0.1, 0.15) is 11.5 Å². The van der Waals surface area contributed by atoms with Crippen molar-refractivity contribution in [1.29, 1.82) is 0 Å². The zero-order valence-corrected chi connectivity index (χ0v) is 17.0. The van der Waals surface area contributed by atoms with Crippen LogP contribution in [0, 0.1) is 0 Å². The van der Waals surface area contributed by atoms with E-state index in [2.05, 4.69) is 5.32 Å². The first-order valence-electron chi connectivity index (χ1n) is 9.51. The Morgan fingerprint density at radius 3 is 2.21 bits per heavy atom. The van der Waals surface area contributed by atoms with E-state index in [1.807, 2.05) is 72.5 Å². The van der Waals surface area contributed by atoms with Gasteiger partial charge in [-0.2, -0.15) is 0 Å². The number of carbonyl (C=O) groups excluding carboxylic acids is 1. The minimum atomic E-state index is -0.200. The largest absolute Gasteiger partial charge is 0.497 e. The molecule has 0 aliphatic heterocycles. The zero-order chi connectivity index (χ0) is 20.6. The first kappa shape index (κ1) is 20.3. The van der Waals surface area contributed by atoms with Gasteiger partial charge in [-0.15, -0.1) is 0 Å². The molecule has 1 N–H and O–H groups in total. The lowest BCUT2D eigenvalue weighted by atomic mass is 10.1. The van der Waals surface area contributed by atoms with Gasteiger partial charge in [0.2, 0.25) is 0 Å². The highest BCUT2D eigenvalue weighted by Crippen LogP contribution is 2.30. The van der Waals surface area contributed by atoms with Crippen molar-refractivity contribution >= 4 is 11.7 Å². The van der Waals surface area contributed by atoms with Crippen LogP contribution in [0.3, 0.4) is 0 Å². The second-order valence-electron chi connectivity index (χ2n) is 6.70. The van der Waals surface area contributed by atoms with Gasteiger partial charge in [-0.3, -0.25) is 0 Å². The monoisotopic (exact) mass is 390 g/mol. The fourth-order valence-corrected chi connectivity index (χ4v) is 3.17. The molecular formula is C24H26N2O3. The highest BCUT2D eigenvalue weighted by atomic mass is 16.5. The number of nitrogens with one attached hydrogen (secondary N) is 1. The quantitative estimate of drug-likeness (QED) is 0.580. The molecule has 3 rings (SSSR count). The molecule has 0 saturated heterocycles. The number of hydrogen-bond donors (Lipinski definition) is 1. The van der Waals surface area contributed by atoms with E-state index in [0.717, 1.165) is 11.1 Å². The molecule has 0 spiro atoms. The molecule has 1 unspecified atom stereocenters. The highest BCUT2D eigenvalue weighted by Gasteiger charge is 2.23. The van der Waals surface area contributed by atoms with E-state index < -0.39 is 0 Å². The molecule has 0 aliphatic rings. The molecule has 3 aromatic rings. The van der Waals surface area contributed by atoms with Crippen LogP contribution in [-0.2, 0) is 6.54 Å². The van der Waals surface area contributed by atoms with E-state index in [9.17, 15) is 4.79 Å². The van der Waals surface area contributed by atoms with E-state index in [1.54, 1.807) is 32.4 Å². The lowest BCUT2D eigenvalue weighted by Crippen LogP contribution is -2.36. The number of urea groups is 1. The van der Waals surface area contributed by atoms with Gasteiger partial charge in [0, 0.05) is 12.6 Å². The number of carbonyl (C=O) groups is 1. The minimum absolute atomic E-state index is 0.111. The third-order valence-electron chi connectivity index (χ3n) is 4.86. The van der Waals surface area contributed by atoms with Crippen molar-refractivity contribution in [2.24, 2.45) is 0 Å². The number of amides is 2. The Morgan fingerprint density at radius 2 is 1.59 bits per heavy atom. The second kappa shape index (κ2) is 9.64. The molecule has 29 heavy (non-hydrogen) atoms. The predicted molar refractivity (Wildman–Crippen MR) is 115 cm³/mol. The summed E-state index contributed by atoms with van der Waals surface area (Å²) in [7, 11) is 3.16. The average Bonchev–Trinajstić information content (AvgIpc) is 2.78. The fraction of sp³-hybridized carbons (Fsp3) is 0.208. The SMILES string of the molecule is COc1ccc(NC(=O)N(Cc2ccccc2)C(C)c2ccccc2)c(OC)c1. The summed E-state index contributed by atoms with van der Waals surface area (Å²) in [6.45, 7) is 2.52. The molecule has 0 bridgehead atoms. The lowest BCUT2D eigenvalue weighted by molar-refractivity contribution is 0.189. The van der Waals surface area contributed by atoms with Gasteiger partial charge in [0.05, 0.1) is 25.9 Å². The Morgan fingerprint density at radius 1 is 0.931 bits per heavy atom. The summed E-state index contributed by atoms with van der Waals surface area (Å²) < 4.78 is 10.7. The number of ether oxygens (including phenoxy) is 2. The van der Waals surface area contributed by atoms with Crippen LogP contribution < -0.4 is 14.8 Å². The number of anilines is 1. The number of benzene rings is 3. The van der Waals surface area contributed by atoms with Crippen molar-refractivity contribution in [3.05, 3.63) is 90.0 Å². The Bertz CT molecular complexity index is 929. The van der Waals surface area contributed by atoms with Crippen LogP contribution in [0.4, 0.5) is 10.5 Å². The fourth-order valence-electron chi connectivity index (χ4n) is 3.17. The maximum absolute atomic E-state index is 13.3. The molecule has 2 amide bonds. The molecule has 5 heteroatoms. The topological polar surface area (TPSA) is 50.8 Å². The molecule has 1 atom stereocenters. The zero-order valence-electron chi connectivity index (χ0n) is 17.0. The first-order valence-corrected chi connectivity index (χ1v) is 9.51. The van der Waals surface area contributed by atoms with Crippen LogP contribution in [-0.4, -0.2) is 25.2 Å². The van der Waals surface area contributed by atoms with Crippen LogP contribution in [0.15, 0.2) is 78.9 Å². The summed E-state index contributed by atoms with van der Waals surface area (Å²) in [4.78, 5) is 15.1. The van der Waals surface area contributed by atoms with Crippen molar-refractivity contribution in [1.82, 2.24) is 4.90 Å². The van der Waals surface area contributed by atoms with Crippen molar-refractivity contribution in [2.75, 3.05) is 19.5 Å². The number of nitrogens with zero attached hydrogens (tertiary/aromatic N) is 1. The smallest absolute Gasteiger partial charge is 0.322 e. The molecule has 0 heterocycles. The van der Waals surface area contributed by atoms with Crippen LogP contribution in [0.5, 0.6) is 11.5 Å². The van der Waals surface area contributed by atoms with Gasteiger partial charge in [-0.05, 0) is 30.2 Å². The van der Waals surface area contributed by atoms with E-state index >= 15 is 0 Å². The van der Waals surface area contributed by atoms with Crippen LogP contribution in [0.2, 0.25) is 0 Å². The lowest BCUT2D eigenvalue weighted by Gasteiger charge is -2.30. The molecule has 0 saturated carbocycles. The van der Waals surface area contributed by atoms with Gasteiger partial charge in [0.25, 0.3) is 0 Å². The van der Waals surface area contributed by atoms with Crippen LogP contribution >= 0.6 is 0 Å². The van der Waals surface area contributed by atoms with Crippen molar-refractivity contribution in [3.8, 4) is 11.5 Å². The summed E-state index contributed by atoms with van der Waals surface area (Å²) in [5.41, 5.74) is 2.73. The Kier molecular flexibility index (Phi) is 6.74. The Labute approximate surface area is 171 Å². The Balaban J connectivity index is 1.88. The van der Waals surface area contributed by atoms with E-state index in [-0.39, 0.29) is 12.1 Å². The molecule has 0 aliphatic carbocycles. The molecule has 3 aromatic carbocycles. The van der Waals surface area contributed by atoms with Gasteiger partial charge in [-0.1, -0.05) is 60.7 Å². The minimum Gasteiger partial charge on any atom is -0.497 e. The van der Waals surface area contributed by atoms with Crippen molar-refractivity contribution in [3.63, 3.8) is 0 Å². The standard InChI is InChI=1S/C24H26N2O3/c1-18(20-12-8-5-9-13-20)26(17-19-10-6-4-7-11-19)24(27)25-22-15-14-21(28-2)16-23(22)29-3/h4-16,18H,17H2,1-3H3,(H,25,27). The Hall–Kier alpha value is -3.47. The number of hydrogen-bond acceptors (Lipinski definition) is 3. The first-order chi connectivity index (χ1) is 14.1. The van der Waals surface area contributed by atoms with Crippen LogP contribution in [0.1, 0.15) is 24.1 Å². The maximum atomic E-state index is 13.3. The average molecular weight is 390 g/mol. The van der Waals surface area contributed by atoms with Gasteiger partial charge >= 0.3 is 6.03 Å². The number of rotatable bonds is 7. The van der Waals surface area contributed by atoms with Crippen molar-refractivity contribution in [2.45, 2.75) is 19.5 Å². The summed E-state index contributed by atoms with van der Waals surface area (Å²) in [6, 6.07) is 25.0. The van der Waals surface area contributed by atoms with Crippen LogP contribution in [0.25, 0.3) is 0 Å². The normalized spacial score (nSPS) is 11.4. The second-order valence-corrected chi connectivity index (χ2v) is 6.70. The van der Waals surface area contributed by atoms with Gasteiger partial charge in [-0.25, -0.2) is 4.79 Å². The van der Waals surface area contributed by atoms with E-state index in [0.29, 0.717) is 23.7 Å². The summed E-state index contributed by atoms with van der Waals surface area (Å²) in [5.74, 6) is 1.21. The maximum Gasteiger partial charge on any atom is 0.322 e. The molecule has 150 valence electrons. The molecule has 0 fully saturated rings. The van der Waals surface area contributed by atoms with Crippen molar-refractivity contribution < 1.29 is 14.3 Å². The third-order valence-corrected chi connectivity index (χ3v) is 4.86. The number of methoxy groups -OCH3 is 2. The predicted octanol–water partition coefficient (Wildman–Crippen LogP) is 5.50. The molecule has 0 aromatic heterocycles. The van der Waals surface area contributed by atoms with Gasteiger partial charge in [0.15, 0.2) is 0 Å². The highest BCUT2D eigenvalue weighted by molar-refractivity contribution is 5.91. The summed E-state index contributed by atoms with van der Waals surface area (Å²) in [5, 5.41) is 2.99. The summed E-state index contributed by atoms with van der Waals surface area (Å²) >= 11 is 0. The molecule has 0 radical (unpaired) electrons.